The number of urea groups is 1. The highest BCUT2D eigenvalue weighted by atomic mass is 79.9. The molecule has 26 heavy (non-hydrogen) atoms. The molecule has 2 aromatic carbocycles. The van der Waals surface area contributed by atoms with Gasteiger partial charge in [-0.25, -0.2) is 10.2 Å². The third-order valence-corrected chi connectivity index (χ3v) is 4.10. The molecule has 0 heterocycles. The van der Waals surface area contributed by atoms with E-state index in [9.17, 15) is 9.59 Å². The van der Waals surface area contributed by atoms with Crippen molar-refractivity contribution in [2.24, 2.45) is 0 Å². The molecule has 0 aliphatic rings. The van der Waals surface area contributed by atoms with Gasteiger partial charge in [-0.1, -0.05) is 41.9 Å². The van der Waals surface area contributed by atoms with Crippen LogP contribution in [-0.4, -0.2) is 18.5 Å². The fraction of sp³-hybridized carbons (Fsp3) is 0.263. The highest BCUT2D eigenvalue weighted by Gasteiger charge is 2.11. The third kappa shape index (κ3) is 6.07. The summed E-state index contributed by atoms with van der Waals surface area (Å²) < 4.78 is 6.52. The molecular formula is C19H22BrN3O3. The summed E-state index contributed by atoms with van der Waals surface area (Å²) in [5.74, 6) is 0.505. The number of halogens is 1. The van der Waals surface area contributed by atoms with Crippen molar-refractivity contribution in [3.63, 3.8) is 0 Å². The molecule has 0 aromatic heterocycles. The van der Waals surface area contributed by atoms with Crippen LogP contribution in [-0.2, 0) is 4.79 Å². The molecule has 3 N–H and O–H groups in total. The average molecular weight is 420 g/mol. The predicted molar refractivity (Wildman–Crippen MR) is 105 cm³/mol. The number of amides is 3. The number of anilines is 1. The number of hydrogen-bond acceptors (Lipinski definition) is 3. The molecule has 138 valence electrons. The topological polar surface area (TPSA) is 79.5 Å². The van der Waals surface area contributed by atoms with E-state index in [0.29, 0.717) is 11.4 Å². The highest BCUT2D eigenvalue weighted by molar-refractivity contribution is 9.10. The van der Waals surface area contributed by atoms with E-state index in [4.69, 9.17) is 4.74 Å². The summed E-state index contributed by atoms with van der Waals surface area (Å²) >= 11 is 3.32. The van der Waals surface area contributed by atoms with Crippen molar-refractivity contribution in [2.45, 2.75) is 26.7 Å². The van der Waals surface area contributed by atoms with E-state index in [1.807, 2.05) is 25.1 Å². The minimum atomic E-state index is -0.543. The molecule has 0 fully saturated rings. The molecule has 3 amide bonds. The predicted octanol–water partition coefficient (Wildman–Crippen LogP) is 4.11. The fourth-order valence-electron chi connectivity index (χ4n) is 2.24. The maximum Gasteiger partial charge on any atom is 0.337 e. The van der Waals surface area contributed by atoms with Crippen LogP contribution in [0.3, 0.4) is 0 Å². The number of ether oxygens (including phenoxy) is 1. The van der Waals surface area contributed by atoms with Gasteiger partial charge in [0.2, 0.25) is 0 Å². The number of carbonyl (C=O) groups is 2. The Morgan fingerprint density at radius 1 is 1.08 bits per heavy atom. The zero-order valence-electron chi connectivity index (χ0n) is 14.9. The third-order valence-electron chi connectivity index (χ3n) is 3.57. The van der Waals surface area contributed by atoms with Crippen LogP contribution in [0.2, 0.25) is 0 Å². The van der Waals surface area contributed by atoms with Gasteiger partial charge in [0.05, 0.1) is 0 Å². The van der Waals surface area contributed by atoms with Crippen molar-refractivity contribution in [1.29, 1.82) is 0 Å². The van der Waals surface area contributed by atoms with E-state index in [1.54, 1.807) is 24.3 Å². The zero-order valence-corrected chi connectivity index (χ0v) is 16.5. The Hall–Kier alpha value is -2.54. The highest BCUT2D eigenvalue weighted by Crippen LogP contribution is 2.27. The number of carbonyl (C=O) groups excluding carboxylic acids is 2. The van der Waals surface area contributed by atoms with E-state index >= 15 is 0 Å². The number of hydrazine groups is 1. The average Bonchev–Trinajstić information content (AvgIpc) is 2.60. The van der Waals surface area contributed by atoms with Gasteiger partial charge >= 0.3 is 6.03 Å². The summed E-state index contributed by atoms with van der Waals surface area (Å²) in [6.45, 7) is 5.89. The summed E-state index contributed by atoms with van der Waals surface area (Å²) in [7, 11) is 0. The summed E-state index contributed by atoms with van der Waals surface area (Å²) in [5.41, 5.74) is 7.29. The van der Waals surface area contributed by atoms with Crippen LogP contribution < -0.4 is 20.9 Å². The first kappa shape index (κ1) is 19.8. The molecule has 0 bridgehead atoms. The number of hydrogen-bond donors (Lipinski definition) is 3. The summed E-state index contributed by atoms with van der Waals surface area (Å²) in [6, 6.07) is 12.4. The first-order valence-electron chi connectivity index (χ1n) is 8.20. The Morgan fingerprint density at radius 2 is 1.77 bits per heavy atom. The largest absolute Gasteiger partial charge is 0.483 e. The lowest BCUT2D eigenvalue weighted by atomic mass is 10.0. The second-order valence-electron chi connectivity index (χ2n) is 6.12. The molecule has 0 spiro atoms. The van der Waals surface area contributed by atoms with E-state index in [2.05, 4.69) is 45.9 Å². The number of benzene rings is 2. The molecule has 6 nitrogen and oxygen atoms in total. The van der Waals surface area contributed by atoms with Gasteiger partial charge in [-0.2, -0.15) is 0 Å². The van der Waals surface area contributed by atoms with Crippen molar-refractivity contribution >= 4 is 33.6 Å². The SMILES string of the molecule is Cc1ccc(C(C)C)c(OCC(=O)NNC(=O)Nc2ccc(Br)cc2)c1. The maximum absolute atomic E-state index is 11.9. The quantitative estimate of drug-likeness (QED) is 0.637. The molecule has 0 radical (unpaired) electrons. The molecule has 0 aliphatic carbocycles. The van der Waals surface area contributed by atoms with Crippen LogP contribution in [0.4, 0.5) is 10.5 Å². The molecule has 2 aromatic rings. The number of rotatable bonds is 5. The second kappa shape index (κ2) is 9.24. The Labute approximate surface area is 161 Å². The van der Waals surface area contributed by atoms with Gasteiger partial charge < -0.3 is 10.1 Å². The Bertz CT molecular complexity index is 776. The molecule has 0 saturated carbocycles. The van der Waals surface area contributed by atoms with Crippen molar-refractivity contribution < 1.29 is 14.3 Å². The molecule has 0 unspecified atom stereocenters. The molecule has 0 atom stereocenters. The lowest BCUT2D eigenvalue weighted by molar-refractivity contribution is -0.123. The molecule has 2 rings (SSSR count). The first-order valence-corrected chi connectivity index (χ1v) is 8.99. The fourth-order valence-corrected chi connectivity index (χ4v) is 2.51. The van der Waals surface area contributed by atoms with Crippen LogP contribution in [0.1, 0.15) is 30.9 Å². The molecular weight excluding hydrogens is 398 g/mol. The van der Waals surface area contributed by atoms with Crippen molar-refractivity contribution in [1.82, 2.24) is 10.9 Å². The number of aryl methyl sites for hydroxylation is 1. The van der Waals surface area contributed by atoms with Crippen LogP contribution >= 0.6 is 15.9 Å². The lowest BCUT2D eigenvalue weighted by Crippen LogP contribution is -2.45. The van der Waals surface area contributed by atoms with Crippen LogP contribution in [0, 0.1) is 6.92 Å². The van der Waals surface area contributed by atoms with Gasteiger partial charge in [0, 0.05) is 10.2 Å². The van der Waals surface area contributed by atoms with Crippen LogP contribution in [0.5, 0.6) is 5.75 Å². The van der Waals surface area contributed by atoms with E-state index in [0.717, 1.165) is 15.6 Å². The van der Waals surface area contributed by atoms with Gasteiger partial charge in [0.15, 0.2) is 6.61 Å². The van der Waals surface area contributed by atoms with Gasteiger partial charge in [-0.05, 0) is 54.3 Å². The first-order chi connectivity index (χ1) is 12.3. The van der Waals surface area contributed by atoms with Crippen LogP contribution in [0.25, 0.3) is 0 Å². The Balaban J connectivity index is 1.81. The molecule has 7 heteroatoms. The van der Waals surface area contributed by atoms with E-state index in [1.165, 1.54) is 0 Å². The summed E-state index contributed by atoms with van der Waals surface area (Å²) in [5, 5.41) is 2.60. The zero-order chi connectivity index (χ0) is 19.1. The van der Waals surface area contributed by atoms with Crippen LogP contribution in [0.15, 0.2) is 46.9 Å². The normalized spacial score (nSPS) is 10.3. The minimum absolute atomic E-state index is 0.193. The number of nitrogens with one attached hydrogen (secondary N) is 3. The molecule has 0 aliphatic heterocycles. The summed E-state index contributed by atoms with van der Waals surface area (Å²) in [4.78, 5) is 23.7. The van der Waals surface area contributed by atoms with Crippen molar-refractivity contribution in [2.75, 3.05) is 11.9 Å². The lowest BCUT2D eigenvalue weighted by Gasteiger charge is -2.15. The second-order valence-corrected chi connectivity index (χ2v) is 7.03. The van der Waals surface area contributed by atoms with Crippen molar-refractivity contribution in [3.8, 4) is 5.75 Å². The maximum atomic E-state index is 11.9. The standard InChI is InChI=1S/C19H22BrN3O3/c1-12(2)16-9-4-13(3)10-17(16)26-11-18(24)22-23-19(25)21-15-7-5-14(20)6-8-15/h4-10,12H,11H2,1-3H3,(H,22,24)(H2,21,23,25). The Kier molecular flexibility index (Phi) is 7.03. The summed E-state index contributed by atoms with van der Waals surface area (Å²) in [6.07, 6.45) is 0. The van der Waals surface area contributed by atoms with Gasteiger partial charge in [-0.3, -0.25) is 10.2 Å². The van der Waals surface area contributed by atoms with Gasteiger partial charge in [0.25, 0.3) is 5.91 Å². The minimum Gasteiger partial charge on any atom is -0.483 e. The van der Waals surface area contributed by atoms with E-state index in [-0.39, 0.29) is 12.5 Å². The van der Waals surface area contributed by atoms with Crippen molar-refractivity contribution in [3.05, 3.63) is 58.1 Å². The smallest absolute Gasteiger partial charge is 0.337 e. The van der Waals surface area contributed by atoms with Gasteiger partial charge in [-0.15, -0.1) is 0 Å². The molecule has 0 saturated heterocycles. The monoisotopic (exact) mass is 419 g/mol. The van der Waals surface area contributed by atoms with Gasteiger partial charge in [0.1, 0.15) is 5.75 Å². The Morgan fingerprint density at radius 3 is 2.42 bits per heavy atom. The van der Waals surface area contributed by atoms with E-state index < -0.39 is 11.9 Å².